The van der Waals surface area contributed by atoms with E-state index in [0.717, 1.165) is 19.6 Å². The summed E-state index contributed by atoms with van der Waals surface area (Å²) in [6.45, 7) is 6.72. The Labute approximate surface area is 128 Å². The van der Waals surface area contributed by atoms with Gasteiger partial charge >= 0.3 is 0 Å². The highest BCUT2D eigenvalue weighted by atomic mass is 15.3. The summed E-state index contributed by atoms with van der Waals surface area (Å²) in [7, 11) is 0. The van der Waals surface area contributed by atoms with Crippen molar-refractivity contribution in [3.05, 3.63) is 18.0 Å². The van der Waals surface area contributed by atoms with E-state index in [-0.39, 0.29) is 0 Å². The van der Waals surface area contributed by atoms with Gasteiger partial charge in [-0.2, -0.15) is 5.10 Å². The molecule has 1 saturated carbocycles. The van der Waals surface area contributed by atoms with Crippen molar-refractivity contribution >= 4 is 0 Å². The summed E-state index contributed by atoms with van der Waals surface area (Å²) >= 11 is 0. The maximum atomic E-state index is 4.85. The number of rotatable bonds is 5. The Bertz CT molecular complexity index is 420. The number of piperazine rings is 1. The zero-order valence-corrected chi connectivity index (χ0v) is 13.4. The van der Waals surface area contributed by atoms with Crippen LogP contribution in [0, 0.1) is 0 Å². The lowest BCUT2D eigenvalue weighted by Gasteiger charge is -2.33. The molecule has 4 nitrogen and oxygen atoms in total. The summed E-state index contributed by atoms with van der Waals surface area (Å²) in [5, 5.41) is 8.48. The normalized spacial score (nSPS) is 25.3. The van der Waals surface area contributed by atoms with Crippen LogP contribution in [0.5, 0.6) is 0 Å². The summed E-state index contributed by atoms with van der Waals surface area (Å²) in [5.41, 5.74) is 1.25. The molecular formula is C17H30N4. The van der Waals surface area contributed by atoms with Gasteiger partial charge < -0.3 is 5.32 Å². The summed E-state index contributed by atoms with van der Waals surface area (Å²) < 4.78 is 2.24. The van der Waals surface area contributed by atoms with Crippen molar-refractivity contribution < 1.29 is 0 Å². The summed E-state index contributed by atoms with van der Waals surface area (Å²) in [6, 6.07) is 3.55. The Morgan fingerprint density at radius 2 is 2.14 bits per heavy atom. The van der Waals surface area contributed by atoms with Gasteiger partial charge in [-0.3, -0.25) is 9.58 Å². The molecule has 1 aromatic heterocycles. The summed E-state index contributed by atoms with van der Waals surface area (Å²) in [5.74, 6) is 0. The first-order chi connectivity index (χ1) is 10.3. The first-order valence-electron chi connectivity index (χ1n) is 8.85. The SMILES string of the molecule is CCCC1CN(Cc2ccn(C3CCCCC3)n2)CCN1. The number of nitrogens with one attached hydrogen (secondary N) is 1. The molecule has 1 aliphatic carbocycles. The van der Waals surface area contributed by atoms with Gasteiger partial charge in [0.15, 0.2) is 0 Å². The van der Waals surface area contributed by atoms with Gasteiger partial charge in [0.1, 0.15) is 0 Å². The molecule has 3 rings (SSSR count). The van der Waals surface area contributed by atoms with Crippen LogP contribution in [0.3, 0.4) is 0 Å². The maximum Gasteiger partial charge on any atom is 0.0764 e. The van der Waals surface area contributed by atoms with Gasteiger partial charge in [0, 0.05) is 38.4 Å². The highest BCUT2D eigenvalue weighted by Gasteiger charge is 2.20. The van der Waals surface area contributed by atoms with Crippen LogP contribution in [-0.4, -0.2) is 40.4 Å². The Hall–Kier alpha value is -0.870. The molecule has 118 valence electrons. The first-order valence-corrected chi connectivity index (χ1v) is 8.85. The molecule has 1 atom stereocenters. The number of hydrogen-bond donors (Lipinski definition) is 1. The van der Waals surface area contributed by atoms with Gasteiger partial charge in [-0.05, 0) is 25.3 Å². The third kappa shape index (κ3) is 4.07. The van der Waals surface area contributed by atoms with Crippen molar-refractivity contribution in [2.75, 3.05) is 19.6 Å². The molecule has 4 heteroatoms. The Morgan fingerprint density at radius 3 is 2.95 bits per heavy atom. The molecule has 0 bridgehead atoms. The molecule has 2 fully saturated rings. The van der Waals surface area contributed by atoms with Crippen LogP contribution in [-0.2, 0) is 6.54 Å². The highest BCUT2D eigenvalue weighted by Crippen LogP contribution is 2.27. The Kier molecular flexibility index (Phi) is 5.31. The third-order valence-electron chi connectivity index (χ3n) is 4.97. The van der Waals surface area contributed by atoms with Crippen LogP contribution in [0.2, 0.25) is 0 Å². The number of aromatic nitrogens is 2. The lowest BCUT2D eigenvalue weighted by molar-refractivity contribution is 0.184. The minimum Gasteiger partial charge on any atom is -0.311 e. The predicted octanol–water partition coefficient (Wildman–Crippen LogP) is 2.96. The van der Waals surface area contributed by atoms with Crippen molar-refractivity contribution in [3.63, 3.8) is 0 Å². The summed E-state index contributed by atoms with van der Waals surface area (Å²) in [6.07, 6.45) is 11.5. The second kappa shape index (κ2) is 7.41. The van der Waals surface area contributed by atoms with E-state index in [2.05, 4.69) is 34.1 Å². The molecule has 1 aliphatic heterocycles. The smallest absolute Gasteiger partial charge is 0.0764 e. The van der Waals surface area contributed by atoms with E-state index in [1.54, 1.807) is 0 Å². The van der Waals surface area contributed by atoms with E-state index < -0.39 is 0 Å². The van der Waals surface area contributed by atoms with Crippen molar-refractivity contribution in [3.8, 4) is 0 Å². The van der Waals surface area contributed by atoms with E-state index in [4.69, 9.17) is 5.10 Å². The molecule has 1 saturated heterocycles. The van der Waals surface area contributed by atoms with Crippen LogP contribution in [0.4, 0.5) is 0 Å². The molecule has 1 aromatic rings. The molecule has 2 aliphatic rings. The quantitative estimate of drug-likeness (QED) is 0.905. The van der Waals surface area contributed by atoms with E-state index in [1.807, 2.05) is 0 Å². The molecule has 2 heterocycles. The Balaban J connectivity index is 1.54. The fraction of sp³-hybridized carbons (Fsp3) is 0.824. The average molecular weight is 290 g/mol. The molecule has 21 heavy (non-hydrogen) atoms. The predicted molar refractivity (Wildman–Crippen MR) is 86.3 cm³/mol. The van der Waals surface area contributed by atoms with E-state index >= 15 is 0 Å². The first kappa shape index (κ1) is 15.0. The minimum atomic E-state index is 0.656. The Morgan fingerprint density at radius 1 is 1.29 bits per heavy atom. The van der Waals surface area contributed by atoms with E-state index in [0.29, 0.717) is 12.1 Å². The van der Waals surface area contributed by atoms with Crippen LogP contribution in [0.25, 0.3) is 0 Å². The minimum absolute atomic E-state index is 0.656. The lowest BCUT2D eigenvalue weighted by Crippen LogP contribution is -2.50. The van der Waals surface area contributed by atoms with Crippen LogP contribution < -0.4 is 5.32 Å². The monoisotopic (exact) mass is 290 g/mol. The van der Waals surface area contributed by atoms with E-state index in [9.17, 15) is 0 Å². The maximum absolute atomic E-state index is 4.85. The zero-order valence-electron chi connectivity index (χ0n) is 13.4. The van der Waals surface area contributed by atoms with Gasteiger partial charge in [0.05, 0.1) is 11.7 Å². The van der Waals surface area contributed by atoms with Crippen molar-refractivity contribution in [2.45, 2.75) is 70.5 Å². The largest absolute Gasteiger partial charge is 0.311 e. The van der Waals surface area contributed by atoms with Gasteiger partial charge in [0.2, 0.25) is 0 Å². The number of nitrogens with zero attached hydrogens (tertiary/aromatic N) is 3. The van der Waals surface area contributed by atoms with E-state index in [1.165, 1.54) is 57.2 Å². The topological polar surface area (TPSA) is 33.1 Å². The fourth-order valence-electron chi connectivity index (χ4n) is 3.82. The second-order valence-electron chi connectivity index (χ2n) is 6.75. The zero-order chi connectivity index (χ0) is 14.5. The highest BCUT2D eigenvalue weighted by molar-refractivity contribution is 5.01. The molecule has 0 radical (unpaired) electrons. The van der Waals surface area contributed by atoms with Crippen LogP contribution in [0.15, 0.2) is 12.3 Å². The molecule has 0 aromatic carbocycles. The molecule has 0 amide bonds. The molecule has 1 N–H and O–H groups in total. The average Bonchev–Trinajstić information content (AvgIpc) is 2.97. The van der Waals surface area contributed by atoms with Gasteiger partial charge in [-0.1, -0.05) is 32.6 Å². The lowest BCUT2D eigenvalue weighted by atomic mass is 9.96. The molecule has 0 spiro atoms. The second-order valence-corrected chi connectivity index (χ2v) is 6.75. The molecular weight excluding hydrogens is 260 g/mol. The number of hydrogen-bond acceptors (Lipinski definition) is 3. The van der Waals surface area contributed by atoms with Crippen molar-refractivity contribution in [1.29, 1.82) is 0 Å². The van der Waals surface area contributed by atoms with Crippen LogP contribution in [0.1, 0.15) is 63.6 Å². The van der Waals surface area contributed by atoms with Crippen LogP contribution >= 0.6 is 0 Å². The third-order valence-corrected chi connectivity index (χ3v) is 4.97. The standard InChI is InChI=1S/C17H30N4/c1-2-6-15-13-20(12-10-18-15)14-16-9-11-21(19-16)17-7-4-3-5-8-17/h9,11,15,17-18H,2-8,10,12-14H2,1H3. The fourth-order valence-corrected chi connectivity index (χ4v) is 3.82. The van der Waals surface area contributed by atoms with Gasteiger partial charge in [-0.15, -0.1) is 0 Å². The van der Waals surface area contributed by atoms with Crippen molar-refractivity contribution in [1.82, 2.24) is 20.0 Å². The summed E-state index contributed by atoms with van der Waals surface area (Å²) in [4.78, 5) is 2.56. The molecule has 1 unspecified atom stereocenters. The van der Waals surface area contributed by atoms with Crippen molar-refractivity contribution in [2.24, 2.45) is 0 Å². The van der Waals surface area contributed by atoms with Gasteiger partial charge in [-0.25, -0.2) is 0 Å². The van der Waals surface area contributed by atoms with Gasteiger partial charge in [0.25, 0.3) is 0 Å².